The third-order valence-electron chi connectivity index (χ3n) is 5.39. The van der Waals surface area contributed by atoms with E-state index in [0.717, 1.165) is 24.9 Å². The van der Waals surface area contributed by atoms with Gasteiger partial charge < -0.3 is 19.1 Å². The number of ether oxygens (including phenoxy) is 3. The Morgan fingerprint density at radius 2 is 1.96 bits per heavy atom. The van der Waals surface area contributed by atoms with Gasteiger partial charge in [-0.05, 0) is 18.4 Å². The minimum absolute atomic E-state index is 0.0318. The summed E-state index contributed by atoms with van der Waals surface area (Å²) in [6.07, 6.45) is 1.58. The lowest BCUT2D eigenvalue weighted by Crippen LogP contribution is -2.46. The van der Waals surface area contributed by atoms with Gasteiger partial charge in [-0.3, -0.25) is 4.79 Å². The summed E-state index contributed by atoms with van der Waals surface area (Å²) >= 11 is 0. The van der Waals surface area contributed by atoms with Crippen LogP contribution in [0.4, 0.5) is 0 Å². The highest BCUT2D eigenvalue weighted by atomic mass is 16.6. The molecule has 2 aliphatic heterocycles. The van der Waals surface area contributed by atoms with Crippen molar-refractivity contribution in [2.45, 2.75) is 31.2 Å². The summed E-state index contributed by atoms with van der Waals surface area (Å²) in [6.45, 7) is 2.43. The van der Waals surface area contributed by atoms with Crippen LogP contribution in [0, 0.1) is 5.41 Å². The maximum Gasteiger partial charge on any atom is 0.254 e. The van der Waals surface area contributed by atoms with Crippen LogP contribution >= 0.6 is 0 Å². The Kier molecular flexibility index (Phi) is 3.87. The molecule has 3 fully saturated rings. The Bertz CT molecular complexity index is 572. The fourth-order valence-corrected chi connectivity index (χ4v) is 3.89. The number of hydrogen-bond acceptors (Lipinski definition) is 4. The minimum atomic E-state index is -0.558. The first-order chi connectivity index (χ1) is 11.2. The van der Waals surface area contributed by atoms with E-state index in [1.54, 1.807) is 7.11 Å². The van der Waals surface area contributed by atoms with Gasteiger partial charge in [-0.15, -0.1) is 0 Å². The summed E-state index contributed by atoms with van der Waals surface area (Å²) in [5.74, 6) is 0.0318. The molecule has 0 N–H and O–H groups in total. The average molecular weight is 317 g/mol. The van der Waals surface area contributed by atoms with Gasteiger partial charge in [0.05, 0.1) is 19.3 Å². The van der Waals surface area contributed by atoms with Gasteiger partial charge in [0, 0.05) is 25.6 Å². The number of carbonyl (C=O) groups is 1. The monoisotopic (exact) mass is 317 g/mol. The Morgan fingerprint density at radius 1 is 1.22 bits per heavy atom. The molecule has 1 amide bonds. The zero-order chi connectivity index (χ0) is 15.9. The molecular weight excluding hydrogens is 294 g/mol. The van der Waals surface area contributed by atoms with E-state index >= 15 is 0 Å². The molecule has 1 aromatic rings. The average Bonchev–Trinajstić information content (AvgIpc) is 3.28. The number of benzene rings is 1. The zero-order valence-corrected chi connectivity index (χ0v) is 13.4. The van der Waals surface area contributed by atoms with Crippen molar-refractivity contribution < 1.29 is 19.0 Å². The Balaban J connectivity index is 1.52. The summed E-state index contributed by atoms with van der Waals surface area (Å²) in [7, 11) is 1.74. The maximum atomic E-state index is 13.0. The molecule has 1 saturated carbocycles. The zero-order valence-electron chi connectivity index (χ0n) is 13.4. The molecule has 0 bridgehead atoms. The summed E-state index contributed by atoms with van der Waals surface area (Å²) in [4.78, 5) is 14.9. The molecule has 1 aromatic carbocycles. The molecule has 4 rings (SSSR count). The normalized spacial score (nSPS) is 32.2. The highest BCUT2D eigenvalue weighted by Crippen LogP contribution is 2.54. The third kappa shape index (κ3) is 2.67. The van der Waals surface area contributed by atoms with Gasteiger partial charge >= 0.3 is 0 Å². The van der Waals surface area contributed by atoms with Crippen LogP contribution in [0.3, 0.4) is 0 Å². The molecule has 0 aromatic heterocycles. The van der Waals surface area contributed by atoms with Gasteiger partial charge in [0.25, 0.3) is 5.91 Å². The Morgan fingerprint density at radius 3 is 2.61 bits per heavy atom. The smallest absolute Gasteiger partial charge is 0.254 e. The van der Waals surface area contributed by atoms with E-state index in [1.165, 1.54) is 0 Å². The van der Waals surface area contributed by atoms with Gasteiger partial charge in [0.1, 0.15) is 6.10 Å². The molecule has 3 aliphatic rings. The number of amides is 1. The minimum Gasteiger partial charge on any atom is -0.379 e. The van der Waals surface area contributed by atoms with Crippen LogP contribution in [0.25, 0.3) is 0 Å². The molecule has 23 heavy (non-hydrogen) atoms. The fourth-order valence-electron chi connectivity index (χ4n) is 3.89. The summed E-state index contributed by atoms with van der Waals surface area (Å²) in [5, 5.41) is 0. The Hall–Kier alpha value is -1.43. The van der Waals surface area contributed by atoms with Gasteiger partial charge in [-0.25, -0.2) is 0 Å². The predicted octanol–water partition coefficient (Wildman–Crippen LogP) is 1.78. The standard InChI is InChI=1S/C18H23NO4/c1-21-14-11-19(12-18(14)7-8-18)17(20)16-15(22-9-10-23-16)13-5-3-2-4-6-13/h2-6,14-16H,7-12H2,1H3/t14?,15-,16-/m1/s1. The second kappa shape index (κ2) is 5.89. The van der Waals surface area contributed by atoms with E-state index in [-0.39, 0.29) is 23.5 Å². The van der Waals surface area contributed by atoms with Crippen LogP contribution in [0.5, 0.6) is 0 Å². The van der Waals surface area contributed by atoms with Crippen LogP contribution in [0.1, 0.15) is 24.5 Å². The molecule has 5 heteroatoms. The predicted molar refractivity (Wildman–Crippen MR) is 83.9 cm³/mol. The van der Waals surface area contributed by atoms with Crippen molar-refractivity contribution in [2.75, 3.05) is 33.4 Å². The molecule has 3 atom stereocenters. The van der Waals surface area contributed by atoms with E-state index < -0.39 is 6.10 Å². The van der Waals surface area contributed by atoms with Crippen molar-refractivity contribution in [1.29, 1.82) is 0 Å². The first-order valence-corrected chi connectivity index (χ1v) is 8.33. The van der Waals surface area contributed by atoms with Crippen molar-refractivity contribution in [3.8, 4) is 0 Å². The molecule has 5 nitrogen and oxygen atoms in total. The topological polar surface area (TPSA) is 48.0 Å². The van der Waals surface area contributed by atoms with Gasteiger partial charge in [-0.1, -0.05) is 30.3 Å². The quantitative estimate of drug-likeness (QED) is 0.853. The maximum absolute atomic E-state index is 13.0. The second-order valence-electron chi connectivity index (χ2n) is 6.80. The van der Waals surface area contributed by atoms with Crippen molar-refractivity contribution in [2.24, 2.45) is 5.41 Å². The molecular formula is C18H23NO4. The summed E-state index contributed by atoms with van der Waals surface area (Å²) in [6, 6.07) is 9.87. The van der Waals surface area contributed by atoms with Crippen molar-refractivity contribution >= 4 is 5.91 Å². The van der Waals surface area contributed by atoms with Gasteiger partial charge in [0.15, 0.2) is 6.10 Å². The van der Waals surface area contributed by atoms with E-state index in [1.807, 2.05) is 35.2 Å². The van der Waals surface area contributed by atoms with E-state index in [4.69, 9.17) is 14.2 Å². The summed E-state index contributed by atoms with van der Waals surface area (Å²) in [5.41, 5.74) is 1.19. The number of rotatable bonds is 3. The van der Waals surface area contributed by atoms with Crippen molar-refractivity contribution in [3.05, 3.63) is 35.9 Å². The highest BCUT2D eigenvalue weighted by molar-refractivity contribution is 5.82. The first-order valence-electron chi connectivity index (χ1n) is 8.33. The third-order valence-corrected chi connectivity index (χ3v) is 5.39. The molecule has 1 spiro atoms. The lowest BCUT2D eigenvalue weighted by atomic mass is 10.0. The van der Waals surface area contributed by atoms with Crippen molar-refractivity contribution in [3.63, 3.8) is 0 Å². The van der Waals surface area contributed by atoms with Crippen molar-refractivity contribution in [1.82, 2.24) is 4.90 Å². The van der Waals surface area contributed by atoms with Crippen LogP contribution < -0.4 is 0 Å². The SMILES string of the molecule is COC1CN(C(=O)[C@@H]2OCCO[C@@H]2c2ccccc2)CC12CC2. The lowest BCUT2D eigenvalue weighted by Gasteiger charge is -2.33. The number of hydrogen-bond donors (Lipinski definition) is 0. The fraction of sp³-hybridized carbons (Fsp3) is 0.611. The number of likely N-dealkylation sites (tertiary alicyclic amines) is 1. The molecule has 2 saturated heterocycles. The molecule has 0 radical (unpaired) electrons. The molecule has 1 aliphatic carbocycles. The van der Waals surface area contributed by atoms with E-state index in [9.17, 15) is 4.79 Å². The lowest BCUT2D eigenvalue weighted by molar-refractivity contribution is -0.175. The number of carbonyl (C=O) groups excluding carboxylic acids is 1. The molecule has 2 heterocycles. The van der Waals surface area contributed by atoms with Crippen LogP contribution in [0.2, 0.25) is 0 Å². The largest absolute Gasteiger partial charge is 0.379 e. The molecule has 1 unspecified atom stereocenters. The first kappa shape index (κ1) is 15.1. The van der Waals surface area contributed by atoms with Crippen LogP contribution in [0.15, 0.2) is 30.3 Å². The molecule has 124 valence electrons. The van der Waals surface area contributed by atoms with Crippen LogP contribution in [-0.4, -0.2) is 56.4 Å². The summed E-state index contributed by atoms with van der Waals surface area (Å²) < 4.78 is 17.3. The van der Waals surface area contributed by atoms with Crippen LogP contribution in [-0.2, 0) is 19.0 Å². The second-order valence-corrected chi connectivity index (χ2v) is 6.80. The number of nitrogens with zero attached hydrogens (tertiary/aromatic N) is 1. The van der Waals surface area contributed by atoms with E-state index in [0.29, 0.717) is 19.8 Å². The van der Waals surface area contributed by atoms with E-state index in [2.05, 4.69) is 0 Å². The van der Waals surface area contributed by atoms with Gasteiger partial charge in [0.2, 0.25) is 0 Å². The highest BCUT2D eigenvalue weighted by Gasteiger charge is 2.57. The number of methoxy groups -OCH3 is 1. The van der Waals surface area contributed by atoms with Gasteiger partial charge in [-0.2, -0.15) is 0 Å². The Labute approximate surface area is 136 Å².